The van der Waals surface area contributed by atoms with Crippen LogP contribution in [0.25, 0.3) is 28.1 Å². The fraction of sp³-hybridized carbons (Fsp3) is 0.292. The fourth-order valence-electron chi connectivity index (χ4n) is 3.40. The monoisotopic (exact) mass is 390 g/mol. The number of unbranched alkanes of at least 4 members (excludes halogenated alkanes) is 3. The number of aromatic nitrogens is 2. The molecule has 0 bridgehead atoms. The van der Waals surface area contributed by atoms with Gasteiger partial charge in [-0.15, -0.1) is 0 Å². The maximum atomic E-state index is 6.03. The maximum Gasteiger partial charge on any atom is 0.146 e. The van der Waals surface area contributed by atoms with Crippen LogP contribution in [0, 0.1) is 6.92 Å². The van der Waals surface area contributed by atoms with Crippen LogP contribution in [0.2, 0.25) is 0 Å². The van der Waals surface area contributed by atoms with Crippen LogP contribution in [0.4, 0.5) is 0 Å². The molecule has 0 saturated heterocycles. The quantitative estimate of drug-likeness (QED) is 0.302. The van der Waals surface area contributed by atoms with Crippen LogP contribution in [-0.4, -0.2) is 16.2 Å². The molecule has 0 spiro atoms. The zero-order valence-electron chi connectivity index (χ0n) is 16.5. The van der Waals surface area contributed by atoms with Gasteiger partial charge in [-0.05, 0) is 49.1 Å². The average Bonchev–Trinajstić information content (AvgIpc) is 3.36. The molecular formula is C24H26N2OS. The Balaban J connectivity index is 1.73. The molecule has 0 amide bonds. The Kier molecular flexibility index (Phi) is 5.77. The molecule has 2 aromatic heterocycles. The van der Waals surface area contributed by atoms with E-state index in [1.54, 1.807) is 11.3 Å². The molecule has 0 aliphatic carbocycles. The second-order valence-corrected chi connectivity index (χ2v) is 7.96. The molecule has 0 aliphatic heterocycles. The molecule has 0 aliphatic rings. The molecule has 3 nitrogen and oxygen atoms in total. The van der Waals surface area contributed by atoms with Gasteiger partial charge in [0.1, 0.15) is 11.6 Å². The van der Waals surface area contributed by atoms with E-state index in [2.05, 4.69) is 71.6 Å². The summed E-state index contributed by atoms with van der Waals surface area (Å²) >= 11 is 1.69. The maximum absolute atomic E-state index is 6.03. The predicted molar refractivity (Wildman–Crippen MR) is 119 cm³/mol. The summed E-state index contributed by atoms with van der Waals surface area (Å²) < 4.78 is 8.27. The second-order valence-electron chi connectivity index (χ2n) is 7.18. The molecule has 2 aromatic carbocycles. The van der Waals surface area contributed by atoms with Crippen LogP contribution in [0.5, 0.6) is 5.75 Å². The lowest BCUT2D eigenvalue weighted by Gasteiger charge is -2.10. The Bertz CT molecular complexity index is 1030. The summed E-state index contributed by atoms with van der Waals surface area (Å²) in [5.74, 6) is 1.88. The van der Waals surface area contributed by atoms with E-state index in [-0.39, 0.29) is 0 Å². The van der Waals surface area contributed by atoms with Crippen molar-refractivity contribution >= 4 is 22.4 Å². The Labute approximate surface area is 170 Å². The topological polar surface area (TPSA) is 27.1 Å². The Morgan fingerprint density at radius 3 is 2.61 bits per heavy atom. The van der Waals surface area contributed by atoms with Crippen molar-refractivity contribution < 1.29 is 4.74 Å². The zero-order chi connectivity index (χ0) is 19.3. The number of ether oxygens (including phenoxy) is 1. The zero-order valence-corrected chi connectivity index (χ0v) is 17.3. The summed E-state index contributed by atoms with van der Waals surface area (Å²) in [6, 6.07) is 17.0. The highest BCUT2D eigenvalue weighted by atomic mass is 32.1. The van der Waals surface area contributed by atoms with Gasteiger partial charge in [0.15, 0.2) is 0 Å². The van der Waals surface area contributed by atoms with E-state index in [9.17, 15) is 0 Å². The second kappa shape index (κ2) is 8.61. The minimum atomic E-state index is 0.765. The van der Waals surface area contributed by atoms with Gasteiger partial charge < -0.3 is 4.74 Å². The molecule has 0 unspecified atom stereocenters. The largest absolute Gasteiger partial charge is 0.494 e. The molecule has 4 rings (SSSR count). The summed E-state index contributed by atoms with van der Waals surface area (Å²) in [5, 5.41) is 4.25. The molecule has 0 fully saturated rings. The molecule has 144 valence electrons. The summed E-state index contributed by atoms with van der Waals surface area (Å²) in [5.41, 5.74) is 5.58. The number of rotatable bonds is 8. The third kappa shape index (κ3) is 3.97. The number of hydrogen-bond acceptors (Lipinski definition) is 3. The third-order valence-corrected chi connectivity index (χ3v) is 5.65. The van der Waals surface area contributed by atoms with Crippen LogP contribution >= 0.6 is 11.3 Å². The highest BCUT2D eigenvalue weighted by molar-refractivity contribution is 7.08. The van der Waals surface area contributed by atoms with Gasteiger partial charge in [-0.2, -0.15) is 11.3 Å². The molecule has 0 radical (unpaired) electrons. The molecule has 4 heteroatoms. The lowest BCUT2D eigenvalue weighted by molar-refractivity contribution is 0.305. The fourth-order valence-corrected chi connectivity index (χ4v) is 4.04. The standard InChI is InChI=1S/C24H26N2OS/c1-3-4-5-6-14-27-21-11-12-22-23(16-21)26(20-9-7-18(2)8-10-20)24(25-22)19-13-15-28-17-19/h7-13,15-17H,3-6,14H2,1-2H3. The van der Waals surface area contributed by atoms with Crippen LogP contribution < -0.4 is 4.74 Å². The normalized spacial score (nSPS) is 11.2. The number of benzene rings is 2. The van der Waals surface area contributed by atoms with Gasteiger partial charge in [-0.25, -0.2) is 4.98 Å². The van der Waals surface area contributed by atoms with Gasteiger partial charge in [0.05, 0.1) is 17.6 Å². The smallest absolute Gasteiger partial charge is 0.146 e. The van der Waals surface area contributed by atoms with Crippen molar-refractivity contribution in [3.63, 3.8) is 0 Å². The first kappa shape index (κ1) is 18.8. The summed E-state index contributed by atoms with van der Waals surface area (Å²) in [6.07, 6.45) is 4.84. The number of fused-ring (bicyclic) bond motifs is 1. The van der Waals surface area contributed by atoms with Crippen LogP contribution in [0.3, 0.4) is 0 Å². The molecule has 0 atom stereocenters. The van der Waals surface area contributed by atoms with Gasteiger partial charge in [-0.1, -0.05) is 43.9 Å². The van der Waals surface area contributed by atoms with E-state index in [0.717, 1.165) is 46.9 Å². The summed E-state index contributed by atoms with van der Waals surface area (Å²) in [7, 11) is 0. The van der Waals surface area contributed by atoms with Crippen LogP contribution in [0.15, 0.2) is 59.3 Å². The Morgan fingerprint density at radius 2 is 1.86 bits per heavy atom. The van der Waals surface area contributed by atoms with Gasteiger partial charge in [0.25, 0.3) is 0 Å². The van der Waals surface area contributed by atoms with Crippen molar-refractivity contribution in [1.82, 2.24) is 9.55 Å². The Hall–Kier alpha value is -2.59. The van der Waals surface area contributed by atoms with Crippen LogP contribution in [0.1, 0.15) is 38.2 Å². The molecule has 0 N–H and O–H groups in total. The first-order valence-corrected chi connectivity index (χ1v) is 11.0. The van der Waals surface area contributed by atoms with Crippen LogP contribution in [-0.2, 0) is 0 Å². The predicted octanol–water partition coefficient (Wildman–Crippen LogP) is 7.02. The van der Waals surface area contributed by atoms with Crippen molar-refractivity contribution in [2.75, 3.05) is 6.61 Å². The summed E-state index contributed by atoms with van der Waals surface area (Å²) in [6.45, 7) is 5.10. The highest BCUT2D eigenvalue weighted by Gasteiger charge is 2.15. The minimum absolute atomic E-state index is 0.765. The van der Waals surface area contributed by atoms with E-state index in [1.165, 1.54) is 24.8 Å². The van der Waals surface area contributed by atoms with Crippen molar-refractivity contribution in [3.05, 3.63) is 64.9 Å². The van der Waals surface area contributed by atoms with E-state index in [1.807, 2.05) is 6.07 Å². The number of nitrogens with zero attached hydrogens (tertiary/aromatic N) is 2. The average molecular weight is 391 g/mol. The van der Waals surface area contributed by atoms with Gasteiger partial charge >= 0.3 is 0 Å². The van der Waals surface area contributed by atoms with Crippen molar-refractivity contribution in [3.8, 4) is 22.8 Å². The molecule has 4 aromatic rings. The molecule has 28 heavy (non-hydrogen) atoms. The number of aryl methyl sites for hydroxylation is 1. The first-order valence-electron chi connectivity index (χ1n) is 10.0. The first-order chi connectivity index (χ1) is 13.8. The SMILES string of the molecule is CCCCCCOc1ccc2nc(-c3ccsc3)n(-c3ccc(C)cc3)c2c1. The minimum Gasteiger partial charge on any atom is -0.494 e. The molecule has 0 saturated carbocycles. The van der Waals surface area contributed by atoms with Gasteiger partial charge in [-0.3, -0.25) is 4.57 Å². The van der Waals surface area contributed by atoms with E-state index in [4.69, 9.17) is 9.72 Å². The lowest BCUT2D eigenvalue weighted by Crippen LogP contribution is -1.99. The molecule has 2 heterocycles. The number of hydrogen-bond donors (Lipinski definition) is 0. The number of thiophene rings is 1. The Morgan fingerprint density at radius 1 is 1.00 bits per heavy atom. The van der Waals surface area contributed by atoms with E-state index in [0.29, 0.717) is 0 Å². The van der Waals surface area contributed by atoms with Gasteiger partial charge in [0, 0.05) is 22.7 Å². The van der Waals surface area contributed by atoms with Crippen molar-refractivity contribution in [1.29, 1.82) is 0 Å². The number of imidazole rings is 1. The van der Waals surface area contributed by atoms with Crippen molar-refractivity contribution in [2.45, 2.75) is 39.5 Å². The highest BCUT2D eigenvalue weighted by Crippen LogP contribution is 2.32. The van der Waals surface area contributed by atoms with E-state index < -0.39 is 0 Å². The lowest BCUT2D eigenvalue weighted by atomic mass is 10.2. The third-order valence-electron chi connectivity index (χ3n) is 4.96. The van der Waals surface area contributed by atoms with Gasteiger partial charge in [0.2, 0.25) is 0 Å². The summed E-state index contributed by atoms with van der Waals surface area (Å²) in [4.78, 5) is 4.93. The van der Waals surface area contributed by atoms with Crippen molar-refractivity contribution in [2.24, 2.45) is 0 Å². The molecular weight excluding hydrogens is 364 g/mol. The van der Waals surface area contributed by atoms with E-state index >= 15 is 0 Å².